The molecule has 8 heteroatoms. The summed E-state index contributed by atoms with van der Waals surface area (Å²) in [4.78, 5) is 35.9. The summed E-state index contributed by atoms with van der Waals surface area (Å²) in [5.74, 6) is -0.394. The van der Waals surface area contributed by atoms with Crippen molar-refractivity contribution in [3.8, 4) is 5.75 Å². The number of nitrogens with zero attached hydrogens (tertiary/aromatic N) is 1. The van der Waals surface area contributed by atoms with Crippen molar-refractivity contribution < 1.29 is 19.2 Å². The molecule has 2 amide bonds. The molecule has 152 valence electrons. The van der Waals surface area contributed by atoms with Crippen molar-refractivity contribution in [1.82, 2.24) is 5.32 Å². The summed E-state index contributed by atoms with van der Waals surface area (Å²) in [6, 6.07) is 12.7. The van der Waals surface area contributed by atoms with Crippen molar-refractivity contribution in [2.24, 2.45) is 5.41 Å². The van der Waals surface area contributed by atoms with Crippen LogP contribution in [0.15, 0.2) is 54.2 Å². The summed E-state index contributed by atoms with van der Waals surface area (Å²) in [6.45, 7) is 5.15. The van der Waals surface area contributed by atoms with Gasteiger partial charge in [0.2, 0.25) is 5.91 Å². The molecule has 0 fully saturated rings. The van der Waals surface area contributed by atoms with Crippen molar-refractivity contribution in [3.63, 3.8) is 0 Å². The zero-order chi connectivity index (χ0) is 21.6. The number of nitro benzene ring substituents is 1. The fourth-order valence-electron chi connectivity index (χ4n) is 2.26. The highest BCUT2D eigenvalue weighted by atomic mass is 16.6. The third-order valence-corrected chi connectivity index (χ3v) is 3.95. The van der Waals surface area contributed by atoms with Gasteiger partial charge in [0.25, 0.3) is 11.6 Å². The number of ether oxygens (including phenoxy) is 1. The number of methoxy groups -OCH3 is 1. The molecule has 0 spiro atoms. The van der Waals surface area contributed by atoms with Gasteiger partial charge in [-0.2, -0.15) is 0 Å². The van der Waals surface area contributed by atoms with Crippen molar-refractivity contribution in [2.75, 3.05) is 12.4 Å². The Morgan fingerprint density at radius 3 is 2.24 bits per heavy atom. The standard InChI is InChI=1S/C21H23N3O5/c1-21(2,3)20(26)23-17(13-14-9-11-15(29-4)12-10-14)19(25)22-16-7-5-6-8-18(16)24(27)28/h5-13H,1-4H3,(H,22,25)(H,23,26)/b17-13+. The Kier molecular flexibility index (Phi) is 6.71. The Labute approximate surface area is 168 Å². The molecular weight excluding hydrogens is 374 g/mol. The van der Waals surface area contributed by atoms with Crippen LogP contribution in [0.2, 0.25) is 0 Å². The second-order valence-corrected chi connectivity index (χ2v) is 7.26. The van der Waals surface area contributed by atoms with Crippen molar-refractivity contribution in [1.29, 1.82) is 0 Å². The lowest BCUT2D eigenvalue weighted by molar-refractivity contribution is -0.383. The van der Waals surface area contributed by atoms with Gasteiger partial charge in [-0.15, -0.1) is 0 Å². The number of hydrogen-bond donors (Lipinski definition) is 2. The molecule has 2 rings (SSSR count). The highest BCUT2D eigenvalue weighted by molar-refractivity contribution is 6.09. The zero-order valence-corrected chi connectivity index (χ0v) is 16.7. The van der Waals surface area contributed by atoms with Gasteiger partial charge in [-0.05, 0) is 29.8 Å². The van der Waals surface area contributed by atoms with E-state index in [4.69, 9.17) is 4.74 Å². The fraction of sp³-hybridized carbons (Fsp3) is 0.238. The molecule has 2 N–H and O–H groups in total. The summed E-state index contributed by atoms with van der Waals surface area (Å²) < 4.78 is 5.11. The first-order valence-electron chi connectivity index (χ1n) is 8.84. The summed E-state index contributed by atoms with van der Waals surface area (Å²) >= 11 is 0. The molecule has 0 aromatic heterocycles. The minimum absolute atomic E-state index is 0.0340. The maximum atomic E-state index is 12.8. The van der Waals surface area contributed by atoms with Crippen LogP contribution in [0.5, 0.6) is 5.75 Å². The number of hydrogen-bond acceptors (Lipinski definition) is 5. The van der Waals surface area contributed by atoms with E-state index < -0.39 is 16.2 Å². The van der Waals surface area contributed by atoms with Gasteiger partial charge in [0.05, 0.1) is 12.0 Å². The van der Waals surface area contributed by atoms with Crippen molar-refractivity contribution in [2.45, 2.75) is 20.8 Å². The Bertz CT molecular complexity index is 944. The number of carbonyl (C=O) groups excluding carboxylic acids is 2. The summed E-state index contributed by atoms with van der Waals surface area (Å²) in [6.07, 6.45) is 1.49. The second kappa shape index (κ2) is 9.01. The van der Waals surface area contributed by atoms with E-state index in [0.717, 1.165) is 0 Å². The average Bonchev–Trinajstić information content (AvgIpc) is 2.67. The second-order valence-electron chi connectivity index (χ2n) is 7.26. The van der Waals surface area contributed by atoms with Gasteiger partial charge >= 0.3 is 0 Å². The van der Waals surface area contributed by atoms with Gasteiger partial charge < -0.3 is 15.4 Å². The van der Waals surface area contributed by atoms with E-state index >= 15 is 0 Å². The molecule has 0 unspecified atom stereocenters. The molecule has 0 aliphatic carbocycles. The van der Waals surface area contributed by atoms with Gasteiger partial charge in [0.1, 0.15) is 17.1 Å². The van der Waals surface area contributed by atoms with Crippen LogP contribution in [0, 0.1) is 15.5 Å². The van der Waals surface area contributed by atoms with E-state index in [-0.39, 0.29) is 23.0 Å². The largest absolute Gasteiger partial charge is 0.497 e. The first kappa shape index (κ1) is 21.6. The molecule has 29 heavy (non-hydrogen) atoms. The van der Waals surface area contributed by atoms with Gasteiger partial charge in [0, 0.05) is 11.5 Å². The summed E-state index contributed by atoms with van der Waals surface area (Å²) in [5, 5.41) is 16.3. The third kappa shape index (κ3) is 5.90. The minimum atomic E-state index is -0.738. The first-order valence-corrected chi connectivity index (χ1v) is 8.84. The van der Waals surface area contributed by atoms with Crippen LogP contribution in [0.3, 0.4) is 0 Å². The summed E-state index contributed by atoms with van der Waals surface area (Å²) in [5.41, 5.74) is -0.334. The fourth-order valence-corrected chi connectivity index (χ4v) is 2.26. The van der Waals surface area contributed by atoms with Crippen LogP contribution >= 0.6 is 0 Å². The van der Waals surface area contributed by atoms with E-state index in [1.165, 1.54) is 24.3 Å². The van der Waals surface area contributed by atoms with E-state index in [1.807, 2.05) is 0 Å². The van der Waals surface area contributed by atoms with E-state index in [1.54, 1.807) is 58.2 Å². The highest BCUT2D eigenvalue weighted by Crippen LogP contribution is 2.24. The quantitative estimate of drug-likeness (QED) is 0.438. The molecule has 0 saturated heterocycles. The smallest absolute Gasteiger partial charge is 0.292 e. The van der Waals surface area contributed by atoms with Crippen LogP contribution in [0.1, 0.15) is 26.3 Å². The van der Waals surface area contributed by atoms with Gasteiger partial charge in [-0.25, -0.2) is 0 Å². The molecule has 0 aliphatic rings. The molecular formula is C21H23N3O5. The van der Waals surface area contributed by atoms with Gasteiger partial charge in [-0.3, -0.25) is 19.7 Å². The number of nitrogens with one attached hydrogen (secondary N) is 2. The summed E-state index contributed by atoms with van der Waals surface area (Å²) in [7, 11) is 1.54. The SMILES string of the molecule is COc1ccc(/C=C(/NC(=O)C(C)(C)C)C(=O)Nc2ccccc2[N+](=O)[O-])cc1. The van der Waals surface area contributed by atoms with Crippen LogP contribution in [0.25, 0.3) is 6.08 Å². The number of rotatable bonds is 6. The highest BCUT2D eigenvalue weighted by Gasteiger charge is 2.25. The van der Waals surface area contributed by atoms with Crippen molar-refractivity contribution >= 4 is 29.3 Å². The number of amides is 2. The lowest BCUT2D eigenvalue weighted by atomic mass is 9.95. The molecule has 2 aromatic rings. The lowest BCUT2D eigenvalue weighted by Gasteiger charge is -2.19. The number of anilines is 1. The van der Waals surface area contributed by atoms with Crippen molar-refractivity contribution in [3.05, 3.63) is 69.9 Å². The molecule has 2 aromatic carbocycles. The third-order valence-electron chi connectivity index (χ3n) is 3.95. The Balaban J connectivity index is 2.38. The normalized spacial score (nSPS) is 11.5. The van der Waals surface area contributed by atoms with E-state index in [9.17, 15) is 19.7 Å². The minimum Gasteiger partial charge on any atom is -0.497 e. The monoisotopic (exact) mass is 397 g/mol. The Hall–Kier alpha value is -3.68. The van der Waals surface area contributed by atoms with Crippen LogP contribution in [-0.4, -0.2) is 23.8 Å². The van der Waals surface area contributed by atoms with Gasteiger partial charge in [-0.1, -0.05) is 45.0 Å². The predicted molar refractivity (Wildman–Crippen MR) is 110 cm³/mol. The molecule has 0 radical (unpaired) electrons. The van der Waals surface area contributed by atoms with Crippen LogP contribution < -0.4 is 15.4 Å². The molecule has 0 heterocycles. The number of carbonyl (C=O) groups is 2. The number of benzene rings is 2. The van der Waals surface area contributed by atoms with E-state index in [2.05, 4.69) is 10.6 Å². The average molecular weight is 397 g/mol. The van der Waals surface area contributed by atoms with Crippen LogP contribution in [0.4, 0.5) is 11.4 Å². The predicted octanol–water partition coefficient (Wildman–Crippen LogP) is 3.75. The maximum Gasteiger partial charge on any atom is 0.292 e. The van der Waals surface area contributed by atoms with Crippen LogP contribution in [-0.2, 0) is 9.59 Å². The number of para-hydroxylation sites is 2. The van der Waals surface area contributed by atoms with Gasteiger partial charge in [0.15, 0.2) is 0 Å². The van der Waals surface area contributed by atoms with E-state index in [0.29, 0.717) is 11.3 Å². The Morgan fingerprint density at radius 2 is 1.69 bits per heavy atom. The number of nitro groups is 1. The molecule has 0 atom stereocenters. The first-order chi connectivity index (χ1) is 13.6. The molecule has 0 saturated carbocycles. The Morgan fingerprint density at radius 1 is 1.07 bits per heavy atom. The topological polar surface area (TPSA) is 111 Å². The molecule has 0 bridgehead atoms. The molecule has 8 nitrogen and oxygen atoms in total. The lowest BCUT2D eigenvalue weighted by Crippen LogP contribution is -2.38. The zero-order valence-electron chi connectivity index (χ0n) is 16.7. The molecule has 0 aliphatic heterocycles. The maximum absolute atomic E-state index is 12.8.